The number of fused-ring (bicyclic) bond motifs is 1. The highest BCUT2D eigenvalue weighted by Gasteiger charge is 2.44. The van der Waals surface area contributed by atoms with Gasteiger partial charge in [-0.2, -0.15) is 4.31 Å². The Labute approximate surface area is 278 Å². The van der Waals surface area contributed by atoms with Crippen LogP contribution in [0.1, 0.15) is 72.7 Å². The average Bonchev–Trinajstić information content (AvgIpc) is 3.24. The van der Waals surface area contributed by atoms with Crippen molar-refractivity contribution < 1.29 is 41.9 Å². The molecule has 1 unspecified atom stereocenters. The van der Waals surface area contributed by atoms with Gasteiger partial charge in [-0.15, -0.1) is 0 Å². The molecule has 2 aromatic rings. The van der Waals surface area contributed by atoms with Gasteiger partial charge in [-0.3, -0.25) is 34.3 Å². The van der Waals surface area contributed by atoms with Gasteiger partial charge < -0.3 is 14.8 Å². The summed E-state index contributed by atoms with van der Waals surface area (Å²) in [5, 5.41) is 5.01. The first-order chi connectivity index (χ1) is 22.7. The molecule has 4 aliphatic rings. The lowest BCUT2D eigenvalue weighted by molar-refractivity contribution is -0.136. The third-order valence-electron chi connectivity index (χ3n) is 8.77. The van der Waals surface area contributed by atoms with Crippen LogP contribution in [-0.4, -0.2) is 102 Å². The number of hydrogen-bond acceptors (Lipinski definition) is 10. The van der Waals surface area contributed by atoms with Crippen LogP contribution < -0.4 is 15.4 Å². The van der Waals surface area contributed by atoms with Crippen molar-refractivity contribution in [1.82, 2.24) is 24.7 Å². The van der Waals surface area contributed by atoms with E-state index in [4.69, 9.17) is 9.47 Å². The number of ether oxygens (including phenoxy) is 2. The second-order valence-corrected chi connectivity index (χ2v) is 15.5. The fourth-order valence-electron chi connectivity index (χ4n) is 6.35. The highest BCUT2D eigenvalue weighted by atomic mass is 32.2. The second kappa shape index (κ2) is 12.9. The molecule has 6 rings (SSSR count). The van der Waals surface area contributed by atoms with Gasteiger partial charge in [0.05, 0.1) is 16.0 Å². The molecule has 2 aromatic carbocycles. The number of carbonyl (C=O) groups is 5. The lowest BCUT2D eigenvalue weighted by atomic mass is 10.0. The number of alkyl carbamates (subject to hydrolysis) is 1. The number of nitrogens with one attached hydrogen (secondary N) is 2. The predicted octanol–water partition coefficient (Wildman–Crippen LogP) is 2.03. The van der Waals surface area contributed by atoms with Gasteiger partial charge in [0.15, 0.2) is 0 Å². The maximum atomic E-state index is 13.2. The Hall–Kier alpha value is -4.34. The molecular formula is C33H39N5O9S. The number of piperidine rings is 2. The number of nitrogens with zero attached hydrogens (tertiary/aromatic N) is 3. The Morgan fingerprint density at radius 1 is 0.938 bits per heavy atom. The standard InChI is InChI=1S/C33H39N5O9S/c1-33(2,3)47-32(43)34-21-12-14-37(15-13-21)48(44,45)24-7-5-22(6-8-24)46-23-18-36(19-23)17-20-4-9-25-26(16-20)31(42)38(30(25)41)27-10-11-28(39)35-29(27)40/h4-9,16,21,23,27H,10-15,17-19H2,1-3H3,(H,34,43)(H,35,39,40). The number of hydrogen-bond donors (Lipinski definition) is 2. The maximum Gasteiger partial charge on any atom is 0.407 e. The van der Waals surface area contributed by atoms with Gasteiger partial charge in [0, 0.05) is 45.2 Å². The molecule has 256 valence electrons. The minimum absolute atomic E-state index is 0.0630. The molecule has 14 nitrogen and oxygen atoms in total. The van der Waals surface area contributed by atoms with Gasteiger partial charge >= 0.3 is 6.09 Å². The monoisotopic (exact) mass is 681 g/mol. The molecule has 3 saturated heterocycles. The minimum atomic E-state index is -3.71. The molecule has 0 aliphatic carbocycles. The highest BCUT2D eigenvalue weighted by molar-refractivity contribution is 7.89. The average molecular weight is 682 g/mol. The van der Waals surface area contributed by atoms with E-state index in [1.165, 1.54) is 16.4 Å². The van der Waals surface area contributed by atoms with E-state index in [9.17, 15) is 32.4 Å². The molecule has 15 heteroatoms. The summed E-state index contributed by atoms with van der Waals surface area (Å²) >= 11 is 0. The number of carbonyl (C=O) groups excluding carboxylic acids is 5. The molecular weight excluding hydrogens is 642 g/mol. The molecule has 0 spiro atoms. The van der Waals surface area contributed by atoms with Gasteiger partial charge in [0.2, 0.25) is 21.8 Å². The Morgan fingerprint density at radius 3 is 2.25 bits per heavy atom. The number of amides is 5. The van der Waals surface area contributed by atoms with E-state index in [2.05, 4.69) is 15.5 Å². The molecule has 0 aromatic heterocycles. The zero-order chi connectivity index (χ0) is 34.4. The van der Waals surface area contributed by atoms with Gasteiger partial charge in [-0.1, -0.05) is 6.07 Å². The quantitative estimate of drug-likeness (QED) is 0.393. The van der Waals surface area contributed by atoms with Crippen molar-refractivity contribution in [3.05, 3.63) is 59.2 Å². The van der Waals surface area contributed by atoms with E-state index in [-0.39, 0.29) is 54.1 Å². The Kier molecular flexibility index (Phi) is 9.04. The molecule has 1 atom stereocenters. The molecule has 0 radical (unpaired) electrons. The Morgan fingerprint density at radius 2 is 1.60 bits per heavy atom. The first kappa shape index (κ1) is 33.6. The number of benzene rings is 2. The maximum absolute atomic E-state index is 13.2. The van der Waals surface area contributed by atoms with Crippen LogP contribution >= 0.6 is 0 Å². The summed E-state index contributed by atoms with van der Waals surface area (Å²) in [6, 6.07) is 10.2. The van der Waals surface area contributed by atoms with E-state index in [0.29, 0.717) is 38.2 Å². The van der Waals surface area contributed by atoms with Crippen molar-refractivity contribution in [3.8, 4) is 5.75 Å². The highest BCUT2D eigenvalue weighted by Crippen LogP contribution is 2.30. The van der Waals surface area contributed by atoms with Crippen molar-refractivity contribution in [2.45, 2.75) is 81.7 Å². The van der Waals surface area contributed by atoms with Crippen LogP contribution in [-0.2, 0) is 30.9 Å². The molecule has 0 bridgehead atoms. The van der Waals surface area contributed by atoms with E-state index < -0.39 is 51.4 Å². The van der Waals surface area contributed by atoms with Gasteiger partial charge in [-0.25, -0.2) is 13.2 Å². The second-order valence-electron chi connectivity index (χ2n) is 13.6. The van der Waals surface area contributed by atoms with Crippen molar-refractivity contribution in [3.63, 3.8) is 0 Å². The normalized spacial score (nSPS) is 21.5. The van der Waals surface area contributed by atoms with Crippen LogP contribution in [0, 0.1) is 0 Å². The summed E-state index contributed by atoms with van der Waals surface area (Å²) in [5.74, 6) is -1.59. The largest absolute Gasteiger partial charge is 0.488 e. The number of likely N-dealkylation sites (tertiary alicyclic amines) is 1. The lowest BCUT2D eigenvalue weighted by Gasteiger charge is -2.39. The van der Waals surface area contributed by atoms with Crippen molar-refractivity contribution >= 4 is 39.7 Å². The lowest BCUT2D eigenvalue weighted by Crippen LogP contribution is -2.54. The zero-order valence-electron chi connectivity index (χ0n) is 27.1. The van der Waals surface area contributed by atoms with Crippen LogP contribution in [0.25, 0.3) is 0 Å². The number of imide groups is 2. The van der Waals surface area contributed by atoms with Gasteiger partial charge in [-0.05, 0) is 82.0 Å². The van der Waals surface area contributed by atoms with E-state index in [1.54, 1.807) is 51.1 Å². The summed E-state index contributed by atoms with van der Waals surface area (Å²) in [6.45, 7) is 7.67. The Balaban J connectivity index is 0.971. The van der Waals surface area contributed by atoms with E-state index >= 15 is 0 Å². The smallest absolute Gasteiger partial charge is 0.407 e. The van der Waals surface area contributed by atoms with Crippen LogP contribution in [0.2, 0.25) is 0 Å². The van der Waals surface area contributed by atoms with Crippen molar-refractivity contribution in [2.24, 2.45) is 0 Å². The topological polar surface area (TPSA) is 172 Å². The van der Waals surface area contributed by atoms with Crippen LogP contribution in [0.4, 0.5) is 4.79 Å². The third-order valence-corrected chi connectivity index (χ3v) is 10.7. The molecule has 5 amide bonds. The first-order valence-corrected chi connectivity index (χ1v) is 17.5. The van der Waals surface area contributed by atoms with Crippen LogP contribution in [0.5, 0.6) is 5.75 Å². The van der Waals surface area contributed by atoms with Crippen LogP contribution in [0.3, 0.4) is 0 Å². The Bertz CT molecular complexity index is 1740. The van der Waals surface area contributed by atoms with Gasteiger partial charge in [0.1, 0.15) is 23.5 Å². The molecule has 4 heterocycles. The van der Waals surface area contributed by atoms with Crippen molar-refractivity contribution in [1.29, 1.82) is 0 Å². The summed E-state index contributed by atoms with van der Waals surface area (Å²) in [5.41, 5.74) is 0.706. The summed E-state index contributed by atoms with van der Waals surface area (Å²) in [6.07, 6.45) is 0.521. The van der Waals surface area contributed by atoms with Crippen molar-refractivity contribution in [2.75, 3.05) is 26.2 Å². The predicted molar refractivity (Wildman–Crippen MR) is 170 cm³/mol. The van der Waals surface area contributed by atoms with E-state index in [1.807, 2.05) is 0 Å². The zero-order valence-corrected chi connectivity index (χ0v) is 27.9. The summed E-state index contributed by atoms with van der Waals surface area (Å²) < 4.78 is 39.3. The van der Waals surface area contributed by atoms with E-state index in [0.717, 1.165) is 10.5 Å². The molecule has 2 N–H and O–H groups in total. The van der Waals surface area contributed by atoms with Gasteiger partial charge in [0.25, 0.3) is 11.8 Å². The molecule has 0 saturated carbocycles. The number of rotatable bonds is 8. The van der Waals surface area contributed by atoms with Crippen LogP contribution in [0.15, 0.2) is 47.4 Å². The summed E-state index contributed by atoms with van der Waals surface area (Å²) in [4.78, 5) is 65.2. The first-order valence-electron chi connectivity index (χ1n) is 16.0. The SMILES string of the molecule is CC(C)(C)OC(=O)NC1CCN(S(=O)(=O)c2ccc(OC3CN(Cc4ccc5c(c4)C(=O)N(C4CCC(=O)NC4=O)C5=O)C3)cc2)CC1. The fraction of sp³-hybridized carbons (Fsp3) is 0.485. The minimum Gasteiger partial charge on any atom is -0.488 e. The number of sulfonamides is 1. The molecule has 3 fully saturated rings. The molecule has 4 aliphatic heterocycles. The summed E-state index contributed by atoms with van der Waals surface area (Å²) in [7, 11) is -3.71. The fourth-order valence-corrected chi connectivity index (χ4v) is 7.82. The molecule has 48 heavy (non-hydrogen) atoms. The third kappa shape index (κ3) is 7.08.